The van der Waals surface area contributed by atoms with Gasteiger partial charge in [0.2, 0.25) is 0 Å². The Morgan fingerprint density at radius 2 is 1.91 bits per heavy atom. The monoisotopic (exact) mass is 267 g/mol. The fourth-order valence-electron chi connectivity index (χ4n) is 1.82. The standard InChI is InChI=1S/C9H18IN/c1-6(2)11-5-9(10)7(3)8(11)4/h6-9H,5H2,1-4H3/t7-,8?,9+/m0/s1. The number of hydrogen-bond acceptors (Lipinski definition) is 1. The molecule has 1 heterocycles. The second kappa shape index (κ2) is 3.60. The Kier molecular flexibility index (Phi) is 3.20. The Hall–Kier alpha value is 0.690. The number of rotatable bonds is 1. The fourth-order valence-corrected chi connectivity index (χ4v) is 2.87. The van der Waals surface area contributed by atoms with Gasteiger partial charge in [-0.05, 0) is 26.7 Å². The number of nitrogens with zero attached hydrogens (tertiary/aromatic N) is 1. The highest BCUT2D eigenvalue weighted by Crippen LogP contribution is 2.30. The Morgan fingerprint density at radius 3 is 2.09 bits per heavy atom. The van der Waals surface area contributed by atoms with Gasteiger partial charge in [-0.2, -0.15) is 0 Å². The van der Waals surface area contributed by atoms with E-state index in [1.54, 1.807) is 0 Å². The van der Waals surface area contributed by atoms with Crippen LogP contribution < -0.4 is 0 Å². The second-order valence-corrected chi connectivity index (χ2v) is 5.51. The molecule has 0 spiro atoms. The summed E-state index contributed by atoms with van der Waals surface area (Å²) in [6.45, 7) is 10.6. The molecule has 0 aromatic heterocycles. The minimum atomic E-state index is 0.715. The van der Waals surface area contributed by atoms with E-state index in [4.69, 9.17) is 0 Å². The van der Waals surface area contributed by atoms with Crippen LogP contribution in [0.2, 0.25) is 0 Å². The van der Waals surface area contributed by atoms with Crippen LogP contribution in [0.4, 0.5) is 0 Å². The van der Waals surface area contributed by atoms with Gasteiger partial charge >= 0.3 is 0 Å². The third-order valence-corrected chi connectivity index (χ3v) is 4.43. The van der Waals surface area contributed by atoms with Crippen LogP contribution in [0.3, 0.4) is 0 Å². The molecule has 3 atom stereocenters. The Bertz CT molecular complexity index is 136. The van der Waals surface area contributed by atoms with Gasteiger partial charge in [-0.25, -0.2) is 0 Å². The summed E-state index contributed by atoms with van der Waals surface area (Å²) >= 11 is 2.58. The van der Waals surface area contributed by atoms with Crippen molar-refractivity contribution in [2.75, 3.05) is 6.54 Å². The predicted molar refractivity (Wildman–Crippen MR) is 58.3 cm³/mol. The van der Waals surface area contributed by atoms with Crippen molar-refractivity contribution in [1.82, 2.24) is 4.90 Å². The molecule has 1 fully saturated rings. The first-order valence-electron chi connectivity index (χ1n) is 4.44. The lowest BCUT2D eigenvalue weighted by Crippen LogP contribution is -2.35. The van der Waals surface area contributed by atoms with Crippen LogP contribution in [0.15, 0.2) is 0 Å². The van der Waals surface area contributed by atoms with Gasteiger partial charge in [-0.3, -0.25) is 4.90 Å². The molecule has 1 nitrogen and oxygen atoms in total. The molecule has 0 bridgehead atoms. The number of likely N-dealkylation sites (tertiary alicyclic amines) is 1. The lowest BCUT2D eigenvalue weighted by Gasteiger charge is -2.26. The van der Waals surface area contributed by atoms with Gasteiger partial charge in [0, 0.05) is 22.6 Å². The maximum atomic E-state index is 2.60. The summed E-state index contributed by atoms with van der Waals surface area (Å²) in [4.78, 5) is 2.60. The molecule has 0 radical (unpaired) electrons. The summed E-state index contributed by atoms with van der Waals surface area (Å²) in [5.41, 5.74) is 0. The topological polar surface area (TPSA) is 3.24 Å². The van der Waals surface area contributed by atoms with Gasteiger partial charge < -0.3 is 0 Å². The third-order valence-electron chi connectivity index (χ3n) is 2.90. The molecule has 1 aliphatic rings. The Morgan fingerprint density at radius 1 is 1.36 bits per heavy atom. The summed E-state index contributed by atoms with van der Waals surface area (Å²) in [6, 6.07) is 1.49. The highest BCUT2D eigenvalue weighted by Gasteiger charge is 2.35. The van der Waals surface area contributed by atoms with E-state index < -0.39 is 0 Å². The van der Waals surface area contributed by atoms with E-state index in [1.165, 1.54) is 6.54 Å². The molecule has 1 saturated heterocycles. The van der Waals surface area contributed by atoms with E-state index in [1.807, 2.05) is 0 Å². The van der Waals surface area contributed by atoms with Gasteiger partial charge in [0.1, 0.15) is 0 Å². The molecular weight excluding hydrogens is 249 g/mol. The van der Waals surface area contributed by atoms with Crippen molar-refractivity contribution in [1.29, 1.82) is 0 Å². The molecular formula is C9H18IN. The number of hydrogen-bond donors (Lipinski definition) is 0. The van der Waals surface area contributed by atoms with Gasteiger partial charge in [0.05, 0.1) is 0 Å². The third kappa shape index (κ3) is 1.89. The van der Waals surface area contributed by atoms with E-state index in [0.29, 0.717) is 6.04 Å². The van der Waals surface area contributed by atoms with Crippen molar-refractivity contribution in [2.24, 2.45) is 5.92 Å². The average Bonchev–Trinajstić information content (AvgIpc) is 2.17. The molecule has 0 amide bonds. The Labute approximate surface area is 83.7 Å². The summed E-state index contributed by atoms with van der Waals surface area (Å²) in [5.74, 6) is 0.859. The van der Waals surface area contributed by atoms with Crippen molar-refractivity contribution in [3.05, 3.63) is 0 Å². The average molecular weight is 267 g/mol. The second-order valence-electron chi connectivity index (χ2n) is 3.91. The normalized spacial score (nSPS) is 40.4. The van der Waals surface area contributed by atoms with Crippen LogP contribution in [0.1, 0.15) is 27.7 Å². The lowest BCUT2D eigenvalue weighted by atomic mass is 10.0. The van der Waals surface area contributed by atoms with E-state index in [2.05, 4.69) is 55.2 Å². The predicted octanol–water partition coefficient (Wildman–Crippen LogP) is 2.54. The SMILES string of the molecule is CC(C)N1C[C@@H](I)[C@@H](C)C1C. The number of alkyl halides is 1. The molecule has 66 valence electrons. The quantitative estimate of drug-likeness (QED) is 0.521. The summed E-state index contributed by atoms with van der Waals surface area (Å²) in [5, 5.41) is 0. The molecule has 1 aliphatic heterocycles. The fraction of sp³-hybridized carbons (Fsp3) is 1.00. The lowest BCUT2D eigenvalue weighted by molar-refractivity contribution is 0.199. The molecule has 1 unspecified atom stereocenters. The molecule has 0 aliphatic carbocycles. The van der Waals surface area contributed by atoms with E-state index in [-0.39, 0.29) is 0 Å². The first-order chi connectivity index (χ1) is 5.04. The van der Waals surface area contributed by atoms with Crippen molar-refractivity contribution < 1.29 is 0 Å². The number of halogens is 1. The Balaban J connectivity index is 2.59. The molecule has 2 heteroatoms. The minimum absolute atomic E-state index is 0.715. The van der Waals surface area contributed by atoms with Crippen LogP contribution in [-0.4, -0.2) is 27.5 Å². The molecule has 0 aromatic carbocycles. The van der Waals surface area contributed by atoms with Crippen molar-refractivity contribution in [2.45, 2.75) is 43.7 Å². The van der Waals surface area contributed by atoms with Crippen LogP contribution in [0.25, 0.3) is 0 Å². The zero-order valence-corrected chi connectivity index (χ0v) is 10.00. The maximum absolute atomic E-state index is 2.60. The first-order valence-corrected chi connectivity index (χ1v) is 5.68. The van der Waals surface area contributed by atoms with E-state index in [9.17, 15) is 0 Å². The maximum Gasteiger partial charge on any atom is 0.0278 e. The van der Waals surface area contributed by atoms with Crippen LogP contribution in [0, 0.1) is 5.92 Å². The highest BCUT2D eigenvalue weighted by molar-refractivity contribution is 14.1. The van der Waals surface area contributed by atoms with Crippen LogP contribution >= 0.6 is 22.6 Å². The largest absolute Gasteiger partial charge is 0.297 e. The zero-order valence-electron chi connectivity index (χ0n) is 7.84. The zero-order chi connectivity index (χ0) is 8.59. The van der Waals surface area contributed by atoms with E-state index in [0.717, 1.165) is 15.9 Å². The highest BCUT2D eigenvalue weighted by atomic mass is 127. The molecule has 11 heavy (non-hydrogen) atoms. The van der Waals surface area contributed by atoms with Crippen LogP contribution in [-0.2, 0) is 0 Å². The van der Waals surface area contributed by atoms with Gasteiger partial charge in [-0.15, -0.1) is 0 Å². The summed E-state index contributed by atoms with van der Waals surface area (Å²) in [6.07, 6.45) is 0. The minimum Gasteiger partial charge on any atom is -0.297 e. The summed E-state index contributed by atoms with van der Waals surface area (Å²) in [7, 11) is 0. The van der Waals surface area contributed by atoms with Crippen LogP contribution in [0.5, 0.6) is 0 Å². The van der Waals surface area contributed by atoms with Crippen molar-refractivity contribution in [3.63, 3.8) is 0 Å². The smallest absolute Gasteiger partial charge is 0.0278 e. The molecule has 1 rings (SSSR count). The van der Waals surface area contributed by atoms with E-state index >= 15 is 0 Å². The summed E-state index contributed by atoms with van der Waals surface area (Å²) < 4.78 is 0.852. The van der Waals surface area contributed by atoms with Gasteiger partial charge in [0.25, 0.3) is 0 Å². The molecule has 0 N–H and O–H groups in total. The molecule has 0 aromatic rings. The van der Waals surface area contributed by atoms with Gasteiger partial charge in [0.15, 0.2) is 0 Å². The molecule has 0 saturated carbocycles. The van der Waals surface area contributed by atoms with Gasteiger partial charge in [-0.1, -0.05) is 29.5 Å². The van der Waals surface area contributed by atoms with Crippen molar-refractivity contribution >= 4 is 22.6 Å². The first kappa shape index (κ1) is 9.78. The van der Waals surface area contributed by atoms with Crippen molar-refractivity contribution in [3.8, 4) is 0 Å².